The zero-order valence-electron chi connectivity index (χ0n) is 38.4. The molecule has 3 aliphatic carbocycles. The van der Waals surface area contributed by atoms with E-state index in [1.165, 1.54) is 0 Å². The number of aliphatic hydroxyl groups excluding tert-OH is 3. The van der Waals surface area contributed by atoms with E-state index in [9.17, 15) is 29.7 Å². The molecule has 5 unspecified atom stereocenters. The second kappa shape index (κ2) is 21.5. The van der Waals surface area contributed by atoms with Gasteiger partial charge in [0.2, 0.25) is 0 Å². The zero-order valence-corrected chi connectivity index (χ0v) is 46.4. The number of aryl methyl sites for hydroxylation is 3. The van der Waals surface area contributed by atoms with Crippen molar-refractivity contribution in [1.82, 2.24) is 0 Å². The van der Waals surface area contributed by atoms with E-state index >= 15 is 0 Å². The standard InChI is InChI=1S/2C19H16Br2O3.C19H17BrO3/c2*20-8-17(22)11-1-3-13-14-5-10-2-4-16(21)19(23)15(10)6-12(14)9-24-18(13)7-11;20-9-18(22)12-4-5-14-13(6-12)10-23-19-8-15-11(7-16(14)19)2-1-3-17(15)21/h2*1,3,5-7,16-17,22H,2,4,8-9H2;4-8,18,22H,1-3,9-10H2. The van der Waals surface area contributed by atoms with Gasteiger partial charge in [-0.25, -0.2) is 0 Å². The van der Waals surface area contributed by atoms with Gasteiger partial charge in [-0.1, -0.05) is 116 Å². The Morgan fingerprint density at radius 2 is 0.817 bits per heavy atom. The predicted octanol–water partition coefficient (Wildman–Crippen LogP) is 13.3. The summed E-state index contributed by atoms with van der Waals surface area (Å²) in [5.41, 5.74) is 18.1. The number of aliphatic hydroxyl groups is 3. The molecule has 3 aliphatic heterocycles. The SMILES string of the molecule is O=C1CCCc2cc3c(cc21)OCc1cc(C(O)CBr)ccc1-3.O=C1c2cc3c(cc2CCC1Br)-c1ccc(C(O)CBr)cc1OC3.O=C1c2cc3c(cc2CCC1Br)-c1ccc(C(O)CBr)cc1OC3. The maximum Gasteiger partial charge on any atom is 0.176 e. The fourth-order valence-electron chi connectivity index (χ4n) is 10.3. The summed E-state index contributed by atoms with van der Waals surface area (Å²) >= 11 is 16.8. The third kappa shape index (κ3) is 10.1. The summed E-state index contributed by atoms with van der Waals surface area (Å²) in [4.78, 5) is 36.7. The Labute approximate surface area is 454 Å². The summed E-state index contributed by atoms with van der Waals surface area (Å²) in [6, 6.07) is 30.0. The molecular formula is C57H49Br5O9. The number of halogens is 5. The van der Waals surface area contributed by atoms with Crippen molar-refractivity contribution < 1.29 is 43.9 Å². The molecular weight excluding hydrogens is 1230 g/mol. The van der Waals surface area contributed by atoms with Gasteiger partial charge in [0.15, 0.2) is 17.3 Å². The largest absolute Gasteiger partial charge is 0.488 e. The molecule has 0 amide bonds. The normalized spacial score (nSPS) is 18.8. The van der Waals surface area contributed by atoms with Crippen LogP contribution in [0.4, 0.5) is 0 Å². The summed E-state index contributed by atoms with van der Waals surface area (Å²) in [5, 5.41) is 31.5. The van der Waals surface area contributed by atoms with E-state index in [1.54, 1.807) is 0 Å². The molecule has 6 aromatic rings. The average molecular weight is 1280 g/mol. The number of ketones is 3. The molecule has 71 heavy (non-hydrogen) atoms. The highest BCUT2D eigenvalue weighted by molar-refractivity contribution is 9.10. The van der Waals surface area contributed by atoms with Crippen molar-refractivity contribution >= 4 is 97.0 Å². The first kappa shape index (κ1) is 50.5. The minimum atomic E-state index is -0.544. The smallest absolute Gasteiger partial charge is 0.176 e. The molecule has 9 nitrogen and oxygen atoms in total. The lowest BCUT2D eigenvalue weighted by Gasteiger charge is -2.26. The first-order valence-corrected chi connectivity index (χ1v) is 28.9. The maximum absolute atomic E-state index is 12.4. The number of carbonyl (C=O) groups excluding carboxylic acids is 3. The molecule has 0 bridgehead atoms. The molecule has 366 valence electrons. The number of ether oxygens (including phenoxy) is 3. The highest BCUT2D eigenvalue weighted by atomic mass is 79.9. The van der Waals surface area contributed by atoms with Crippen LogP contribution in [0, 0.1) is 0 Å². The van der Waals surface area contributed by atoms with Crippen molar-refractivity contribution in [3.8, 4) is 50.6 Å². The van der Waals surface area contributed by atoms with Crippen LogP contribution in [-0.2, 0) is 39.1 Å². The van der Waals surface area contributed by atoms with Gasteiger partial charge in [0.05, 0.1) is 28.0 Å². The van der Waals surface area contributed by atoms with Crippen molar-refractivity contribution in [1.29, 1.82) is 0 Å². The van der Waals surface area contributed by atoms with E-state index in [-0.39, 0.29) is 27.0 Å². The molecule has 3 N–H and O–H groups in total. The van der Waals surface area contributed by atoms with Gasteiger partial charge in [0.1, 0.15) is 37.1 Å². The molecule has 0 saturated heterocycles. The third-order valence-electron chi connectivity index (χ3n) is 14.2. The van der Waals surface area contributed by atoms with Crippen LogP contribution in [0.1, 0.15) is 125 Å². The number of hydrogen-bond acceptors (Lipinski definition) is 9. The number of hydrogen-bond donors (Lipinski definition) is 3. The van der Waals surface area contributed by atoms with Crippen LogP contribution in [-0.4, -0.2) is 58.3 Å². The monoisotopic (exact) mass is 1270 g/mol. The Morgan fingerprint density at radius 3 is 1.30 bits per heavy atom. The first-order valence-electron chi connectivity index (χ1n) is 23.7. The number of alkyl halides is 5. The lowest BCUT2D eigenvalue weighted by atomic mass is 9.84. The number of benzene rings is 6. The van der Waals surface area contributed by atoms with Crippen LogP contribution in [0.25, 0.3) is 33.4 Å². The van der Waals surface area contributed by atoms with E-state index in [0.717, 1.165) is 156 Å². The summed E-state index contributed by atoms with van der Waals surface area (Å²) < 4.78 is 17.7. The maximum atomic E-state index is 12.4. The number of fused-ring (bicyclic) bond motifs is 12. The Balaban J connectivity index is 0.000000123. The molecule has 0 aromatic heterocycles. The zero-order chi connectivity index (χ0) is 49.7. The second-order valence-electron chi connectivity index (χ2n) is 18.7. The van der Waals surface area contributed by atoms with Gasteiger partial charge in [0, 0.05) is 55.8 Å². The van der Waals surface area contributed by atoms with Crippen molar-refractivity contribution in [2.45, 2.75) is 92.7 Å². The Bertz CT molecular complexity index is 2980. The van der Waals surface area contributed by atoms with Gasteiger partial charge in [-0.3, -0.25) is 14.4 Å². The molecule has 6 aliphatic rings. The van der Waals surface area contributed by atoms with Crippen LogP contribution in [0.15, 0.2) is 91.0 Å². The summed E-state index contributed by atoms with van der Waals surface area (Å²) in [6.45, 7) is 1.37. The quantitative estimate of drug-likeness (QED) is 0.139. The highest BCUT2D eigenvalue weighted by Gasteiger charge is 2.31. The van der Waals surface area contributed by atoms with Gasteiger partial charge in [-0.05, 0) is 160 Å². The molecule has 12 rings (SSSR count). The van der Waals surface area contributed by atoms with Crippen LogP contribution in [0.5, 0.6) is 17.2 Å². The molecule has 5 atom stereocenters. The molecule has 0 spiro atoms. The summed E-state index contributed by atoms with van der Waals surface area (Å²) in [5.74, 6) is 2.93. The fourth-order valence-corrected chi connectivity index (χ4v) is 12.3. The van der Waals surface area contributed by atoms with E-state index in [0.29, 0.717) is 42.2 Å². The van der Waals surface area contributed by atoms with E-state index in [2.05, 4.69) is 104 Å². The first-order chi connectivity index (χ1) is 34.3. The third-order valence-corrected chi connectivity index (χ3v) is 17.8. The number of Topliss-reactive ketones (excluding diaryl/α,β-unsaturated/α-hetero) is 3. The average Bonchev–Trinajstić information content (AvgIpc) is 3.40. The minimum Gasteiger partial charge on any atom is -0.488 e. The van der Waals surface area contributed by atoms with Gasteiger partial charge in [-0.2, -0.15) is 0 Å². The predicted molar refractivity (Wildman–Crippen MR) is 293 cm³/mol. The van der Waals surface area contributed by atoms with Crippen LogP contribution in [0.3, 0.4) is 0 Å². The molecule has 0 saturated carbocycles. The molecule has 3 heterocycles. The molecule has 6 aromatic carbocycles. The lowest BCUT2D eigenvalue weighted by molar-refractivity contribution is 0.0966. The fraction of sp³-hybridized carbons (Fsp3) is 0.316. The minimum absolute atomic E-state index is 0.0758. The van der Waals surface area contributed by atoms with Gasteiger partial charge >= 0.3 is 0 Å². The molecule has 0 radical (unpaired) electrons. The van der Waals surface area contributed by atoms with Gasteiger partial charge in [0.25, 0.3) is 0 Å². The number of carbonyl (C=O) groups is 3. The Hall–Kier alpha value is -3.99. The van der Waals surface area contributed by atoms with Gasteiger partial charge < -0.3 is 29.5 Å². The van der Waals surface area contributed by atoms with Crippen LogP contribution >= 0.6 is 79.6 Å². The van der Waals surface area contributed by atoms with Crippen molar-refractivity contribution in [2.75, 3.05) is 16.0 Å². The Kier molecular flexibility index (Phi) is 15.3. The topological polar surface area (TPSA) is 140 Å². The van der Waals surface area contributed by atoms with Crippen LogP contribution in [0.2, 0.25) is 0 Å². The van der Waals surface area contributed by atoms with E-state index in [4.69, 9.17) is 14.2 Å². The summed E-state index contributed by atoms with van der Waals surface area (Å²) in [7, 11) is 0. The molecule has 0 fully saturated rings. The van der Waals surface area contributed by atoms with E-state index < -0.39 is 18.3 Å². The van der Waals surface area contributed by atoms with Crippen molar-refractivity contribution in [3.63, 3.8) is 0 Å². The lowest BCUT2D eigenvalue weighted by Crippen LogP contribution is -2.23. The Morgan fingerprint density at radius 1 is 0.423 bits per heavy atom. The van der Waals surface area contributed by atoms with E-state index in [1.807, 2.05) is 66.7 Å². The van der Waals surface area contributed by atoms with Crippen molar-refractivity contribution in [3.05, 3.63) is 158 Å². The van der Waals surface area contributed by atoms with Crippen LogP contribution < -0.4 is 14.2 Å². The highest BCUT2D eigenvalue weighted by Crippen LogP contribution is 2.45. The molecule has 14 heteroatoms. The van der Waals surface area contributed by atoms with Gasteiger partial charge in [-0.15, -0.1) is 0 Å². The second-order valence-corrected chi connectivity index (χ2v) is 22.8. The number of rotatable bonds is 6. The van der Waals surface area contributed by atoms with Crippen molar-refractivity contribution in [2.24, 2.45) is 0 Å². The summed E-state index contributed by atoms with van der Waals surface area (Å²) in [6.07, 6.45) is 4.39.